The summed E-state index contributed by atoms with van der Waals surface area (Å²) in [5.41, 5.74) is 3.19. The van der Waals surface area contributed by atoms with Crippen molar-refractivity contribution in [1.29, 1.82) is 0 Å². The number of amides is 3. The number of hydrogen-bond acceptors (Lipinski definition) is 8. The van der Waals surface area contributed by atoms with E-state index in [1.165, 1.54) is 6.07 Å². The number of imide groups is 1. The second-order valence-electron chi connectivity index (χ2n) is 11.3. The van der Waals surface area contributed by atoms with E-state index in [0.717, 1.165) is 69.9 Å². The lowest BCUT2D eigenvalue weighted by Crippen LogP contribution is -2.52. The van der Waals surface area contributed by atoms with Gasteiger partial charge in [-0.1, -0.05) is 0 Å². The summed E-state index contributed by atoms with van der Waals surface area (Å²) in [4.78, 5) is 55.9. The average molecular weight is 564 g/mol. The molecule has 0 aliphatic carbocycles. The Bertz CT molecular complexity index is 1350. The summed E-state index contributed by atoms with van der Waals surface area (Å²) in [6.07, 6.45) is 2.60. The van der Waals surface area contributed by atoms with Crippen molar-refractivity contribution in [2.45, 2.75) is 38.3 Å². The molecule has 0 aromatic heterocycles. The molecule has 6 rings (SSSR count). The molecular weight excluding hydrogens is 529 g/mol. The minimum atomic E-state index is -0.603. The molecule has 216 valence electrons. The minimum Gasteiger partial charge on any atom is -0.429 e. The molecule has 3 amide bonds. The molecule has 1 N–H and O–H groups in total. The lowest BCUT2D eigenvalue weighted by Gasteiger charge is -2.40. The third-order valence-corrected chi connectivity index (χ3v) is 8.82. The van der Waals surface area contributed by atoms with Crippen molar-refractivity contribution in [3.05, 3.63) is 53.3 Å². The van der Waals surface area contributed by atoms with Gasteiger partial charge in [0, 0.05) is 76.1 Å². The summed E-state index contributed by atoms with van der Waals surface area (Å²) in [6, 6.07) is 9.87. The number of anilines is 2. The fourth-order valence-corrected chi connectivity index (χ4v) is 6.54. The molecule has 3 fully saturated rings. The molecule has 0 spiro atoms. The van der Waals surface area contributed by atoms with E-state index in [9.17, 15) is 23.6 Å². The van der Waals surface area contributed by atoms with Crippen LogP contribution in [0.25, 0.3) is 0 Å². The van der Waals surface area contributed by atoms with Crippen LogP contribution in [0.1, 0.15) is 41.6 Å². The van der Waals surface area contributed by atoms with Crippen LogP contribution in [0.5, 0.6) is 5.75 Å². The van der Waals surface area contributed by atoms with Crippen LogP contribution in [-0.2, 0) is 20.9 Å². The third-order valence-electron chi connectivity index (χ3n) is 8.82. The molecule has 11 heteroatoms. The molecular formula is C30H34FN5O5. The number of carbonyl (C=O) groups excluding carboxylic acids is 4. The van der Waals surface area contributed by atoms with E-state index in [4.69, 9.17) is 4.74 Å². The Labute approximate surface area is 238 Å². The number of nitrogens with one attached hydrogen (secondary N) is 1. The van der Waals surface area contributed by atoms with Crippen molar-refractivity contribution in [3.63, 3.8) is 0 Å². The summed E-state index contributed by atoms with van der Waals surface area (Å²) in [7, 11) is 0. The SMILES string of the molecule is O=COc1ccc(N2CCC(CN3CCN(c4ccc5c(c4)CN([C@H]4CCC(=O)NC4=O)C5=O)CC3)CC2)c(F)c1. The zero-order valence-corrected chi connectivity index (χ0v) is 22.9. The van der Waals surface area contributed by atoms with E-state index in [0.29, 0.717) is 36.6 Å². The maximum atomic E-state index is 14.5. The first-order chi connectivity index (χ1) is 19.9. The molecule has 0 bridgehead atoms. The van der Waals surface area contributed by atoms with Crippen LogP contribution in [0, 0.1) is 11.7 Å². The van der Waals surface area contributed by atoms with Crippen LogP contribution in [0.4, 0.5) is 15.8 Å². The van der Waals surface area contributed by atoms with Gasteiger partial charge in [0.15, 0.2) is 0 Å². The Morgan fingerprint density at radius 3 is 2.41 bits per heavy atom. The highest BCUT2D eigenvalue weighted by Gasteiger charge is 2.39. The quantitative estimate of drug-likeness (QED) is 0.404. The van der Waals surface area contributed by atoms with Gasteiger partial charge in [0.2, 0.25) is 11.8 Å². The molecule has 2 aromatic rings. The predicted molar refractivity (Wildman–Crippen MR) is 149 cm³/mol. The predicted octanol–water partition coefficient (Wildman–Crippen LogP) is 2.16. The average Bonchev–Trinajstić information content (AvgIpc) is 3.29. The number of piperazine rings is 1. The molecule has 4 aliphatic heterocycles. The highest BCUT2D eigenvalue weighted by molar-refractivity contribution is 6.05. The second kappa shape index (κ2) is 11.5. The zero-order chi connectivity index (χ0) is 28.5. The fourth-order valence-electron chi connectivity index (χ4n) is 6.54. The number of fused-ring (bicyclic) bond motifs is 1. The van der Waals surface area contributed by atoms with Crippen LogP contribution in [-0.4, -0.2) is 85.8 Å². The number of nitrogens with zero attached hydrogens (tertiary/aromatic N) is 4. The maximum Gasteiger partial charge on any atom is 0.298 e. The lowest BCUT2D eigenvalue weighted by atomic mass is 9.95. The van der Waals surface area contributed by atoms with E-state index >= 15 is 0 Å². The van der Waals surface area contributed by atoms with Crippen LogP contribution in [0.2, 0.25) is 0 Å². The van der Waals surface area contributed by atoms with Gasteiger partial charge in [-0.25, -0.2) is 4.39 Å². The van der Waals surface area contributed by atoms with Gasteiger partial charge in [-0.2, -0.15) is 0 Å². The number of piperidine rings is 2. The molecule has 0 unspecified atom stereocenters. The van der Waals surface area contributed by atoms with Crippen LogP contribution in [0.3, 0.4) is 0 Å². The molecule has 10 nitrogen and oxygen atoms in total. The van der Waals surface area contributed by atoms with Crippen molar-refractivity contribution >= 4 is 35.6 Å². The second-order valence-corrected chi connectivity index (χ2v) is 11.3. The van der Waals surface area contributed by atoms with Gasteiger partial charge in [-0.05, 0) is 61.1 Å². The Kier molecular flexibility index (Phi) is 7.61. The molecule has 0 saturated carbocycles. The van der Waals surface area contributed by atoms with Crippen molar-refractivity contribution in [1.82, 2.24) is 15.1 Å². The highest BCUT2D eigenvalue weighted by atomic mass is 19.1. The Hall–Kier alpha value is -3.99. The molecule has 3 saturated heterocycles. The van der Waals surface area contributed by atoms with Crippen molar-refractivity contribution in [2.24, 2.45) is 5.92 Å². The minimum absolute atomic E-state index is 0.149. The van der Waals surface area contributed by atoms with E-state index in [1.807, 2.05) is 12.1 Å². The molecule has 41 heavy (non-hydrogen) atoms. The smallest absolute Gasteiger partial charge is 0.298 e. The Balaban J connectivity index is 0.988. The Morgan fingerprint density at radius 2 is 1.71 bits per heavy atom. The summed E-state index contributed by atoms with van der Waals surface area (Å²) in [6.45, 7) is 6.97. The van der Waals surface area contributed by atoms with Crippen molar-refractivity contribution in [3.8, 4) is 5.75 Å². The van der Waals surface area contributed by atoms with Crippen LogP contribution in [0.15, 0.2) is 36.4 Å². The number of benzene rings is 2. The largest absolute Gasteiger partial charge is 0.429 e. The first-order valence-electron chi connectivity index (χ1n) is 14.3. The summed E-state index contributed by atoms with van der Waals surface area (Å²) >= 11 is 0. The lowest BCUT2D eigenvalue weighted by molar-refractivity contribution is -0.137. The van der Waals surface area contributed by atoms with Gasteiger partial charge in [0.25, 0.3) is 12.4 Å². The van der Waals surface area contributed by atoms with E-state index < -0.39 is 11.9 Å². The van der Waals surface area contributed by atoms with Gasteiger partial charge in [-0.3, -0.25) is 29.4 Å². The maximum absolute atomic E-state index is 14.5. The number of rotatable bonds is 7. The molecule has 4 heterocycles. The van der Waals surface area contributed by atoms with Gasteiger partial charge >= 0.3 is 0 Å². The highest BCUT2D eigenvalue weighted by Crippen LogP contribution is 2.32. The third kappa shape index (κ3) is 5.63. The summed E-state index contributed by atoms with van der Waals surface area (Å²) in [5, 5.41) is 2.35. The van der Waals surface area contributed by atoms with Gasteiger partial charge < -0.3 is 19.4 Å². The topological polar surface area (TPSA) is 102 Å². The standard InChI is InChI=1S/C30H34FN5O5/c31-25-16-23(41-19-37)2-4-26(25)35-9-7-20(8-10-35)17-33-11-13-34(14-12-33)22-1-3-24-21(15-22)18-36(30(24)40)27-5-6-28(38)32-29(27)39/h1-4,15-16,19-20,27H,5-14,17-18H2,(H,32,38,39)/t27-/m0/s1. The molecule has 2 aromatic carbocycles. The number of hydrogen-bond donors (Lipinski definition) is 1. The van der Waals surface area contributed by atoms with E-state index in [-0.39, 0.29) is 29.8 Å². The van der Waals surface area contributed by atoms with Crippen molar-refractivity contribution in [2.75, 3.05) is 55.6 Å². The monoisotopic (exact) mass is 563 g/mol. The fraction of sp³-hybridized carbons (Fsp3) is 0.467. The first kappa shape index (κ1) is 27.2. The normalized spacial score (nSPS) is 22.1. The van der Waals surface area contributed by atoms with Gasteiger partial charge in [0.1, 0.15) is 17.6 Å². The number of carbonyl (C=O) groups is 4. The first-order valence-corrected chi connectivity index (χ1v) is 14.3. The molecule has 1 atom stereocenters. The Morgan fingerprint density at radius 1 is 0.927 bits per heavy atom. The molecule has 0 radical (unpaired) electrons. The zero-order valence-electron chi connectivity index (χ0n) is 22.9. The number of halogens is 1. The number of ether oxygens (including phenoxy) is 1. The summed E-state index contributed by atoms with van der Waals surface area (Å²) in [5.74, 6) is -0.439. The van der Waals surface area contributed by atoms with E-state index in [1.54, 1.807) is 17.0 Å². The van der Waals surface area contributed by atoms with Gasteiger partial charge in [-0.15, -0.1) is 0 Å². The van der Waals surface area contributed by atoms with Gasteiger partial charge in [0.05, 0.1) is 5.69 Å². The summed E-state index contributed by atoms with van der Waals surface area (Å²) < 4.78 is 19.3. The van der Waals surface area contributed by atoms with Crippen LogP contribution < -0.4 is 19.9 Å². The van der Waals surface area contributed by atoms with Crippen molar-refractivity contribution < 1.29 is 28.3 Å². The van der Waals surface area contributed by atoms with Crippen LogP contribution >= 0.6 is 0 Å². The van der Waals surface area contributed by atoms with E-state index in [2.05, 4.69) is 26.1 Å². The molecule has 4 aliphatic rings.